The Hall–Kier alpha value is -1.19. The monoisotopic (exact) mass is 158 g/mol. The largest absolute Gasteiger partial charge is 0.463 e. The van der Waals surface area contributed by atoms with Crippen molar-refractivity contribution in [2.24, 2.45) is 0 Å². The van der Waals surface area contributed by atoms with Crippen molar-refractivity contribution in [3.05, 3.63) is 12.0 Å². The molecule has 0 aromatic heterocycles. The molecule has 0 saturated carbocycles. The highest BCUT2D eigenvalue weighted by atomic mass is 16.7. The second-order valence-corrected chi connectivity index (χ2v) is 1.91. The maximum absolute atomic E-state index is 10.7. The summed E-state index contributed by atoms with van der Waals surface area (Å²) in [4.78, 5) is 10.7. The highest BCUT2D eigenvalue weighted by molar-refractivity contribution is 5.82. The summed E-state index contributed by atoms with van der Waals surface area (Å²) in [5.41, 5.74) is 0. The van der Waals surface area contributed by atoms with Crippen LogP contribution in [0.4, 0.5) is 0 Å². The molecule has 0 N–H and O–H groups in total. The molecule has 1 aliphatic rings. The van der Waals surface area contributed by atoms with E-state index in [1.54, 1.807) is 6.92 Å². The Bertz CT molecular complexity index is 165. The summed E-state index contributed by atoms with van der Waals surface area (Å²) in [6, 6.07) is 0. The third kappa shape index (κ3) is 2.49. The van der Waals surface area contributed by atoms with Gasteiger partial charge in [-0.15, -0.1) is 0 Å². The van der Waals surface area contributed by atoms with Gasteiger partial charge in [-0.05, 0) is 6.92 Å². The molecule has 0 aliphatic carbocycles. The van der Waals surface area contributed by atoms with Crippen LogP contribution in [-0.4, -0.2) is 25.8 Å². The first kappa shape index (κ1) is 7.91. The van der Waals surface area contributed by atoms with Crippen molar-refractivity contribution in [2.45, 2.75) is 6.92 Å². The van der Waals surface area contributed by atoms with E-state index >= 15 is 0 Å². The normalized spacial score (nSPS) is 15.2. The van der Waals surface area contributed by atoms with Gasteiger partial charge in [0.25, 0.3) is 5.95 Å². The SMILES string of the molecule is CCOC(=O)C=C1OCCO1. The van der Waals surface area contributed by atoms with E-state index in [-0.39, 0.29) is 5.95 Å². The molecule has 0 unspecified atom stereocenters. The average Bonchev–Trinajstić information content (AvgIpc) is 2.40. The number of carbonyl (C=O) groups excluding carboxylic acids is 1. The zero-order valence-corrected chi connectivity index (χ0v) is 6.33. The van der Waals surface area contributed by atoms with Crippen LogP contribution in [0, 0.1) is 0 Å². The molecule has 0 spiro atoms. The molecule has 0 amide bonds. The van der Waals surface area contributed by atoms with Crippen molar-refractivity contribution in [3.8, 4) is 0 Å². The number of rotatable bonds is 2. The Balaban J connectivity index is 2.36. The van der Waals surface area contributed by atoms with Crippen LogP contribution in [0.25, 0.3) is 0 Å². The summed E-state index contributed by atoms with van der Waals surface area (Å²) >= 11 is 0. The van der Waals surface area contributed by atoms with Gasteiger partial charge in [0, 0.05) is 0 Å². The molecule has 0 aromatic rings. The van der Waals surface area contributed by atoms with Crippen molar-refractivity contribution >= 4 is 5.97 Å². The van der Waals surface area contributed by atoms with Crippen molar-refractivity contribution < 1.29 is 19.0 Å². The van der Waals surface area contributed by atoms with Crippen molar-refractivity contribution in [1.29, 1.82) is 0 Å². The van der Waals surface area contributed by atoms with Crippen molar-refractivity contribution in [1.82, 2.24) is 0 Å². The topological polar surface area (TPSA) is 44.8 Å². The Kier molecular flexibility index (Phi) is 2.77. The summed E-state index contributed by atoms with van der Waals surface area (Å²) in [7, 11) is 0. The van der Waals surface area contributed by atoms with Crippen LogP contribution >= 0.6 is 0 Å². The lowest BCUT2D eigenvalue weighted by Crippen LogP contribution is -2.01. The lowest BCUT2D eigenvalue weighted by Gasteiger charge is -1.97. The van der Waals surface area contributed by atoms with E-state index in [1.807, 2.05) is 0 Å². The molecular weight excluding hydrogens is 148 g/mol. The fourth-order valence-electron chi connectivity index (χ4n) is 0.690. The zero-order valence-electron chi connectivity index (χ0n) is 6.33. The third-order valence-corrected chi connectivity index (χ3v) is 1.09. The number of carbonyl (C=O) groups is 1. The molecule has 11 heavy (non-hydrogen) atoms. The number of hydrogen-bond acceptors (Lipinski definition) is 4. The van der Waals surface area contributed by atoms with Gasteiger partial charge in [0.15, 0.2) is 0 Å². The van der Waals surface area contributed by atoms with Gasteiger partial charge in [-0.25, -0.2) is 4.79 Å². The van der Waals surface area contributed by atoms with Crippen LogP contribution in [-0.2, 0) is 19.0 Å². The van der Waals surface area contributed by atoms with Gasteiger partial charge in [-0.1, -0.05) is 0 Å². The summed E-state index contributed by atoms with van der Waals surface area (Å²) in [5, 5.41) is 0. The Morgan fingerprint density at radius 2 is 2.27 bits per heavy atom. The van der Waals surface area contributed by atoms with E-state index < -0.39 is 5.97 Å². The molecule has 0 aromatic carbocycles. The van der Waals surface area contributed by atoms with Gasteiger partial charge in [0.1, 0.15) is 19.3 Å². The van der Waals surface area contributed by atoms with Crippen LogP contribution in [0.15, 0.2) is 12.0 Å². The second-order valence-electron chi connectivity index (χ2n) is 1.91. The Morgan fingerprint density at radius 1 is 1.64 bits per heavy atom. The molecule has 0 bridgehead atoms. The molecule has 4 nitrogen and oxygen atoms in total. The van der Waals surface area contributed by atoms with E-state index in [2.05, 4.69) is 4.74 Å². The van der Waals surface area contributed by atoms with Gasteiger partial charge in [-0.3, -0.25) is 0 Å². The minimum absolute atomic E-state index is 0.253. The van der Waals surface area contributed by atoms with E-state index in [1.165, 1.54) is 6.08 Å². The highest BCUT2D eigenvalue weighted by Gasteiger charge is 2.10. The molecule has 4 heteroatoms. The van der Waals surface area contributed by atoms with Crippen molar-refractivity contribution in [3.63, 3.8) is 0 Å². The maximum Gasteiger partial charge on any atom is 0.337 e. The molecule has 0 radical (unpaired) electrons. The van der Waals surface area contributed by atoms with Gasteiger partial charge < -0.3 is 14.2 Å². The first-order valence-electron chi connectivity index (χ1n) is 3.47. The first-order valence-corrected chi connectivity index (χ1v) is 3.47. The van der Waals surface area contributed by atoms with E-state index in [0.29, 0.717) is 19.8 Å². The van der Waals surface area contributed by atoms with E-state index in [9.17, 15) is 4.79 Å². The predicted molar refractivity (Wildman–Crippen MR) is 36.6 cm³/mol. The van der Waals surface area contributed by atoms with Crippen molar-refractivity contribution in [2.75, 3.05) is 19.8 Å². The summed E-state index contributed by atoms with van der Waals surface area (Å²) in [6.07, 6.45) is 1.20. The summed E-state index contributed by atoms with van der Waals surface area (Å²) < 4.78 is 14.4. The lowest BCUT2D eigenvalue weighted by atomic mass is 10.6. The Morgan fingerprint density at radius 3 is 2.82 bits per heavy atom. The van der Waals surface area contributed by atoms with Gasteiger partial charge in [-0.2, -0.15) is 0 Å². The second kappa shape index (κ2) is 3.85. The minimum Gasteiger partial charge on any atom is -0.463 e. The molecule has 0 atom stereocenters. The quantitative estimate of drug-likeness (QED) is 0.432. The predicted octanol–water partition coefficient (Wildman–Crippen LogP) is 0.438. The van der Waals surface area contributed by atoms with Gasteiger partial charge >= 0.3 is 5.97 Å². The summed E-state index contributed by atoms with van der Waals surface area (Å²) in [6.45, 7) is 3.12. The molecule has 1 aliphatic heterocycles. The first-order chi connectivity index (χ1) is 5.33. The fourth-order valence-corrected chi connectivity index (χ4v) is 0.690. The standard InChI is InChI=1S/C7H10O4/c1-2-9-6(8)5-7-10-3-4-11-7/h5H,2-4H2,1H3. The minimum atomic E-state index is -0.426. The van der Waals surface area contributed by atoms with Gasteiger partial charge in [0.05, 0.1) is 6.61 Å². The fraction of sp³-hybridized carbons (Fsp3) is 0.571. The van der Waals surface area contributed by atoms with Gasteiger partial charge in [0.2, 0.25) is 0 Å². The smallest absolute Gasteiger partial charge is 0.337 e. The molecule has 62 valence electrons. The van der Waals surface area contributed by atoms with Crippen LogP contribution in [0.1, 0.15) is 6.92 Å². The number of ether oxygens (including phenoxy) is 3. The highest BCUT2D eigenvalue weighted by Crippen LogP contribution is 2.06. The lowest BCUT2D eigenvalue weighted by molar-refractivity contribution is -0.137. The van der Waals surface area contributed by atoms with Crippen LogP contribution in [0.3, 0.4) is 0 Å². The third-order valence-electron chi connectivity index (χ3n) is 1.09. The summed E-state index contributed by atoms with van der Waals surface area (Å²) in [5.74, 6) is -0.173. The van der Waals surface area contributed by atoms with E-state index in [0.717, 1.165) is 0 Å². The molecular formula is C7H10O4. The van der Waals surface area contributed by atoms with Crippen LogP contribution < -0.4 is 0 Å². The molecule has 1 fully saturated rings. The van der Waals surface area contributed by atoms with Crippen LogP contribution in [0.5, 0.6) is 0 Å². The average molecular weight is 158 g/mol. The number of esters is 1. The van der Waals surface area contributed by atoms with E-state index in [4.69, 9.17) is 9.47 Å². The number of hydrogen-bond donors (Lipinski definition) is 0. The Labute approximate surface area is 64.7 Å². The van der Waals surface area contributed by atoms with Crippen LogP contribution in [0.2, 0.25) is 0 Å². The molecule has 1 saturated heterocycles. The zero-order chi connectivity index (χ0) is 8.10. The maximum atomic E-state index is 10.7. The molecule has 1 heterocycles. The molecule has 1 rings (SSSR count).